The zero-order chi connectivity index (χ0) is 12.4. The van der Waals surface area contributed by atoms with Gasteiger partial charge in [-0.2, -0.15) is 0 Å². The second-order valence-electron chi connectivity index (χ2n) is 4.02. The van der Waals surface area contributed by atoms with Gasteiger partial charge in [0.2, 0.25) is 0 Å². The van der Waals surface area contributed by atoms with E-state index in [0.29, 0.717) is 6.54 Å². The summed E-state index contributed by atoms with van der Waals surface area (Å²) in [7, 11) is 1.97. The van der Waals surface area contributed by atoms with Crippen molar-refractivity contribution in [3.63, 3.8) is 0 Å². The van der Waals surface area contributed by atoms with Crippen LogP contribution in [0.25, 0.3) is 0 Å². The summed E-state index contributed by atoms with van der Waals surface area (Å²) in [5.74, 6) is -0.682. The van der Waals surface area contributed by atoms with Gasteiger partial charge in [-0.05, 0) is 25.4 Å². The molecule has 1 aromatic carbocycles. The molecule has 92 valence electrons. The third kappa shape index (κ3) is 2.30. The lowest BCUT2D eigenvalue weighted by molar-refractivity contribution is 0.0743. The Bertz CT molecular complexity index is 427. The van der Waals surface area contributed by atoms with E-state index in [0.717, 1.165) is 6.54 Å². The molecule has 0 aliphatic carbocycles. The van der Waals surface area contributed by atoms with Gasteiger partial charge in [0, 0.05) is 13.1 Å². The maximum absolute atomic E-state index is 13.6. The predicted molar refractivity (Wildman–Crippen MR) is 67.4 cm³/mol. The number of carbonyl (C=O) groups is 1. The Morgan fingerprint density at radius 3 is 2.76 bits per heavy atom. The number of carbonyl (C=O) groups excluding carboxylic acids is 1. The van der Waals surface area contributed by atoms with Crippen LogP contribution in [0.15, 0.2) is 24.3 Å². The van der Waals surface area contributed by atoms with E-state index in [-0.39, 0.29) is 17.0 Å². The smallest absolute Gasteiger partial charge is 0.258 e. The fourth-order valence-electron chi connectivity index (χ4n) is 2.02. The molecule has 0 bridgehead atoms. The Morgan fingerprint density at radius 2 is 2.12 bits per heavy atom. The Morgan fingerprint density at radius 1 is 1.41 bits per heavy atom. The van der Waals surface area contributed by atoms with Crippen LogP contribution in [0.2, 0.25) is 0 Å². The van der Waals surface area contributed by atoms with Crippen molar-refractivity contribution >= 4 is 17.7 Å². The van der Waals surface area contributed by atoms with Gasteiger partial charge >= 0.3 is 0 Å². The van der Waals surface area contributed by atoms with Gasteiger partial charge in [-0.3, -0.25) is 9.69 Å². The number of halogens is 1. The van der Waals surface area contributed by atoms with Crippen molar-refractivity contribution in [2.45, 2.75) is 5.50 Å². The van der Waals surface area contributed by atoms with Gasteiger partial charge in [0.1, 0.15) is 11.3 Å². The SMILES string of the molecule is CSC1N(C)CCN1C(=O)c1ccccc1F. The van der Waals surface area contributed by atoms with Crippen molar-refractivity contribution in [1.29, 1.82) is 0 Å². The first-order valence-corrected chi connectivity index (χ1v) is 6.72. The summed E-state index contributed by atoms with van der Waals surface area (Å²) < 4.78 is 13.6. The highest BCUT2D eigenvalue weighted by Crippen LogP contribution is 2.24. The Hall–Kier alpha value is -1.07. The number of hydrogen-bond donors (Lipinski definition) is 0. The maximum Gasteiger partial charge on any atom is 0.258 e. The van der Waals surface area contributed by atoms with Crippen molar-refractivity contribution < 1.29 is 9.18 Å². The molecule has 1 aliphatic heterocycles. The molecule has 17 heavy (non-hydrogen) atoms. The molecule has 0 aromatic heterocycles. The summed E-state index contributed by atoms with van der Waals surface area (Å²) in [5.41, 5.74) is 0.156. The molecule has 1 amide bonds. The van der Waals surface area contributed by atoms with Gasteiger partial charge in [0.25, 0.3) is 5.91 Å². The van der Waals surface area contributed by atoms with Crippen molar-refractivity contribution in [2.24, 2.45) is 0 Å². The summed E-state index contributed by atoms with van der Waals surface area (Å²) in [6.07, 6.45) is 1.95. The highest BCUT2D eigenvalue weighted by molar-refractivity contribution is 7.99. The van der Waals surface area contributed by atoms with Crippen LogP contribution in [0.1, 0.15) is 10.4 Å². The first-order valence-electron chi connectivity index (χ1n) is 5.43. The van der Waals surface area contributed by atoms with Crippen LogP contribution in [-0.4, -0.2) is 47.6 Å². The minimum atomic E-state index is -0.452. The molecule has 2 rings (SSSR count). The molecule has 0 saturated carbocycles. The lowest BCUT2D eigenvalue weighted by Crippen LogP contribution is -2.38. The van der Waals surface area contributed by atoms with Crippen LogP contribution in [-0.2, 0) is 0 Å². The predicted octanol–water partition coefficient (Wildman–Crippen LogP) is 1.86. The molecule has 0 radical (unpaired) electrons. The summed E-state index contributed by atoms with van der Waals surface area (Å²) in [5, 5.41) is 0. The number of benzene rings is 1. The van der Waals surface area contributed by atoms with Crippen LogP contribution < -0.4 is 0 Å². The number of rotatable bonds is 2. The Balaban J connectivity index is 2.24. The second kappa shape index (κ2) is 5.06. The van der Waals surface area contributed by atoms with Gasteiger partial charge in [0.05, 0.1) is 5.56 Å². The third-order valence-corrected chi connectivity index (χ3v) is 3.95. The summed E-state index contributed by atoms with van der Waals surface area (Å²) in [4.78, 5) is 16.0. The summed E-state index contributed by atoms with van der Waals surface area (Å²) in [6.45, 7) is 1.47. The quantitative estimate of drug-likeness (QED) is 0.805. The van der Waals surface area contributed by atoms with Crippen LogP contribution in [0.4, 0.5) is 4.39 Å². The van der Waals surface area contributed by atoms with Crippen LogP contribution >= 0.6 is 11.8 Å². The average molecular weight is 254 g/mol. The minimum Gasteiger partial charge on any atom is -0.312 e. The standard InChI is InChI=1S/C12H15FN2OS/c1-14-7-8-15(12(14)17-2)11(16)9-5-3-4-6-10(9)13/h3-6,12H,7-8H2,1-2H3. The normalized spacial score (nSPS) is 20.9. The molecule has 1 atom stereocenters. The van der Waals surface area contributed by atoms with Crippen LogP contribution in [0.3, 0.4) is 0 Å². The number of hydrogen-bond acceptors (Lipinski definition) is 3. The van der Waals surface area contributed by atoms with E-state index < -0.39 is 5.82 Å². The molecule has 1 aromatic rings. The van der Waals surface area contributed by atoms with Crippen molar-refractivity contribution in [3.05, 3.63) is 35.6 Å². The Labute approximate surface area is 105 Å². The molecule has 1 fully saturated rings. The van der Waals surface area contributed by atoms with E-state index in [1.54, 1.807) is 28.8 Å². The highest BCUT2D eigenvalue weighted by atomic mass is 32.2. The topological polar surface area (TPSA) is 23.6 Å². The molecule has 0 N–H and O–H groups in total. The Kier molecular flexibility index (Phi) is 3.69. The molecule has 5 heteroatoms. The van der Waals surface area contributed by atoms with E-state index in [1.807, 2.05) is 13.3 Å². The van der Waals surface area contributed by atoms with Gasteiger partial charge < -0.3 is 4.90 Å². The molecular formula is C12H15FN2OS. The first-order chi connectivity index (χ1) is 8.15. The zero-order valence-corrected chi connectivity index (χ0v) is 10.7. The van der Waals surface area contributed by atoms with E-state index in [4.69, 9.17) is 0 Å². The largest absolute Gasteiger partial charge is 0.312 e. The van der Waals surface area contributed by atoms with E-state index in [2.05, 4.69) is 4.90 Å². The summed E-state index contributed by atoms with van der Waals surface area (Å²) in [6, 6.07) is 6.13. The molecule has 1 aliphatic rings. The summed E-state index contributed by atoms with van der Waals surface area (Å²) >= 11 is 1.59. The van der Waals surface area contributed by atoms with E-state index >= 15 is 0 Å². The van der Waals surface area contributed by atoms with Crippen LogP contribution in [0.5, 0.6) is 0 Å². The lowest BCUT2D eigenvalue weighted by Gasteiger charge is -2.26. The van der Waals surface area contributed by atoms with E-state index in [1.165, 1.54) is 12.1 Å². The molecule has 1 saturated heterocycles. The highest BCUT2D eigenvalue weighted by Gasteiger charge is 2.33. The molecule has 1 heterocycles. The van der Waals surface area contributed by atoms with E-state index in [9.17, 15) is 9.18 Å². The van der Waals surface area contributed by atoms with Crippen molar-refractivity contribution in [1.82, 2.24) is 9.80 Å². The third-order valence-electron chi connectivity index (χ3n) is 2.91. The fraction of sp³-hybridized carbons (Fsp3) is 0.417. The van der Waals surface area contributed by atoms with Crippen LogP contribution in [0, 0.1) is 5.82 Å². The van der Waals surface area contributed by atoms with Gasteiger partial charge in [0.15, 0.2) is 0 Å². The fourth-order valence-corrected chi connectivity index (χ4v) is 2.94. The zero-order valence-electron chi connectivity index (χ0n) is 9.89. The molecular weight excluding hydrogens is 239 g/mol. The van der Waals surface area contributed by atoms with Gasteiger partial charge in [-0.15, -0.1) is 11.8 Å². The maximum atomic E-state index is 13.6. The van der Waals surface area contributed by atoms with Crippen molar-refractivity contribution in [3.8, 4) is 0 Å². The number of nitrogens with zero attached hydrogens (tertiary/aromatic N) is 2. The molecule has 3 nitrogen and oxygen atoms in total. The molecule has 1 unspecified atom stereocenters. The first kappa shape index (κ1) is 12.4. The number of likely N-dealkylation sites (N-methyl/N-ethyl adjacent to an activating group) is 1. The van der Waals surface area contributed by atoms with Crippen molar-refractivity contribution in [2.75, 3.05) is 26.4 Å². The van der Waals surface area contributed by atoms with Gasteiger partial charge in [-0.25, -0.2) is 4.39 Å². The van der Waals surface area contributed by atoms with Gasteiger partial charge in [-0.1, -0.05) is 12.1 Å². The molecule has 0 spiro atoms. The second-order valence-corrected chi connectivity index (χ2v) is 4.91. The monoisotopic (exact) mass is 254 g/mol. The number of thioether (sulfide) groups is 1. The minimum absolute atomic E-state index is 0.00195. The number of amides is 1. The average Bonchev–Trinajstić information content (AvgIpc) is 2.70. The lowest BCUT2D eigenvalue weighted by atomic mass is 10.2.